The van der Waals surface area contributed by atoms with Crippen LogP contribution in [0.2, 0.25) is 0 Å². The van der Waals surface area contributed by atoms with Crippen molar-refractivity contribution in [1.29, 1.82) is 0 Å². The molecule has 0 radical (unpaired) electrons. The highest BCUT2D eigenvalue weighted by atomic mass is 19.4. The Balaban J connectivity index is 2.23. The average molecular weight is 382 g/mol. The molecule has 0 amide bonds. The number of hydrogen-bond acceptors (Lipinski definition) is 3. The molecule has 0 atom stereocenters. The summed E-state index contributed by atoms with van der Waals surface area (Å²) in [7, 11) is 0. The molecule has 26 heavy (non-hydrogen) atoms. The molecule has 140 valence electrons. The Bertz CT molecular complexity index is 797. The van der Waals surface area contributed by atoms with Crippen LogP contribution in [0.1, 0.15) is 21.5 Å². The summed E-state index contributed by atoms with van der Waals surface area (Å²) in [5.74, 6) is -2.17. The molecule has 3 nitrogen and oxygen atoms in total. The SMILES string of the molecule is O=Cc1cc(OCc2cc(F)cc(C(F)(F)F)c2)cc(OC(F)(F)F)c1. The fourth-order valence-electron chi connectivity index (χ4n) is 2.00. The Kier molecular flexibility index (Phi) is 5.43. The van der Waals surface area contributed by atoms with Crippen LogP contribution in [0.25, 0.3) is 0 Å². The number of alkyl halides is 6. The molecule has 0 aliphatic rings. The monoisotopic (exact) mass is 382 g/mol. The highest BCUT2D eigenvalue weighted by Gasteiger charge is 2.32. The van der Waals surface area contributed by atoms with E-state index in [1.165, 1.54) is 0 Å². The van der Waals surface area contributed by atoms with Gasteiger partial charge in [0.15, 0.2) is 0 Å². The molecule has 0 saturated heterocycles. The van der Waals surface area contributed by atoms with Gasteiger partial charge < -0.3 is 9.47 Å². The Morgan fingerprint density at radius 3 is 2.12 bits per heavy atom. The van der Waals surface area contributed by atoms with Gasteiger partial charge in [-0.1, -0.05) is 0 Å². The summed E-state index contributed by atoms with van der Waals surface area (Å²) in [5, 5.41) is 0. The lowest BCUT2D eigenvalue weighted by atomic mass is 10.1. The fourth-order valence-corrected chi connectivity index (χ4v) is 2.00. The van der Waals surface area contributed by atoms with E-state index >= 15 is 0 Å². The van der Waals surface area contributed by atoms with Crippen LogP contribution in [-0.4, -0.2) is 12.6 Å². The van der Waals surface area contributed by atoms with Crippen molar-refractivity contribution < 1.29 is 45.0 Å². The van der Waals surface area contributed by atoms with Crippen molar-refractivity contribution in [3.63, 3.8) is 0 Å². The predicted octanol–water partition coefficient (Wildman–Crippen LogP) is 5.13. The lowest BCUT2D eigenvalue weighted by Crippen LogP contribution is -2.17. The zero-order valence-electron chi connectivity index (χ0n) is 12.6. The van der Waals surface area contributed by atoms with E-state index in [1.807, 2.05) is 0 Å². The Hall–Kier alpha value is -2.78. The van der Waals surface area contributed by atoms with Gasteiger partial charge in [-0.2, -0.15) is 13.2 Å². The second-order valence-corrected chi connectivity index (χ2v) is 5.04. The maximum atomic E-state index is 13.3. The summed E-state index contributed by atoms with van der Waals surface area (Å²) < 4.78 is 96.8. The first-order valence-corrected chi connectivity index (χ1v) is 6.82. The number of hydrogen-bond donors (Lipinski definition) is 0. The van der Waals surface area contributed by atoms with Crippen LogP contribution < -0.4 is 9.47 Å². The van der Waals surface area contributed by atoms with Crippen LogP contribution in [0, 0.1) is 5.82 Å². The minimum Gasteiger partial charge on any atom is -0.489 e. The third kappa shape index (κ3) is 5.64. The number of benzene rings is 2. The van der Waals surface area contributed by atoms with Crippen LogP contribution in [-0.2, 0) is 12.8 Å². The highest BCUT2D eigenvalue weighted by molar-refractivity contribution is 5.76. The predicted molar refractivity (Wildman–Crippen MR) is 74.2 cm³/mol. The molecule has 0 fully saturated rings. The maximum Gasteiger partial charge on any atom is 0.573 e. The average Bonchev–Trinajstić information content (AvgIpc) is 2.49. The number of rotatable bonds is 5. The van der Waals surface area contributed by atoms with E-state index in [-0.39, 0.29) is 23.2 Å². The first kappa shape index (κ1) is 19.5. The molecule has 10 heteroatoms. The number of carbonyl (C=O) groups is 1. The largest absolute Gasteiger partial charge is 0.573 e. The van der Waals surface area contributed by atoms with Gasteiger partial charge in [-0.15, -0.1) is 13.2 Å². The summed E-state index contributed by atoms with van der Waals surface area (Å²) in [6.07, 6.45) is -9.55. The van der Waals surface area contributed by atoms with Gasteiger partial charge in [0.2, 0.25) is 0 Å². The summed E-state index contributed by atoms with van der Waals surface area (Å²) in [4.78, 5) is 10.8. The highest BCUT2D eigenvalue weighted by Crippen LogP contribution is 2.31. The summed E-state index contributed by atoms with van der Waals surface area (Å²) in [5.41, 5.74) is -1.65. The van der Waals surface area contributed by atoms with Gasteiger partial charge in [0.05, 0.1) is 5.56 Å². The molecule has 0 heterocycles. The van der Waals surface area contributed by atoms with E-state index in [2.05, 4.69) is 4.74 Å². The zero-order chi connectivity index (χ0) is 19.5. The third-order valence-electron chi connectivity index (χ3n) is 2.96. The smallest absolute Gasteiger partial charge is 0.489 e. The van der Waals surface area contributed by atoms with Gasteiger partial charge in [0, 0.05) is 11.6 Å². The minimum atomic E-state index is -5.01. The van der Waals surface area contributed by atoms with Crippen LogP contribution in [0.15, 0.2) is 36.4 Å². The van der Waals surface area contributed by atoms with Crippen LogP contribution >= 0.6 is 0 Å². The molecule has 2 aromatic carbocycles. The number of carbonyl (C=O) groups excluding carboxylic acids is 1. The van der Waals surface area contributed by atoms with Crippen LogP contribution in [0.4, 0.5) is 30.7 Å². The van der Waals surface area contributed by atoms with Crippen molar-refractivity contribution in [3.8, 4) is 11.5 Å². The topological polar surface area (TPSA) is 35.5 Å². The quantitative estimate of drug-likeness (QED) is 0.531. The number of halogens is 7. The van der Waals surface area contributed by atoms with E-state index in [4.69, 9.17) is 4.74 Å². The number of ether oxygens (including phenoxy) is 2. The fraction of sp³-hybridized carbons (Fsp3) is 0.188. The second kappa shape index (κ2) is 7.22. The maximum absolute atomic E-state index is 13.3. The molecular formula is C16H9F7O3. The van der Waals surface area contributed by atoms with E-state index in [0.717, 1.165) is 24.3 Å². The van der Waals surface area contributed by atoms with Crippen molar-refractivity contribution in [3.05, 3.63) is 58.9 Å². The normalized spacial score (nSPS) is 12.0. The molecule has 2 aromatic rings. The molecular weight excluding hydrogens is 373 g/mol. The van der Waals surface area contributed by atoms with Crippen LogP contribution in [0.5, 0.6) is 11.5 Å². The third-order valence-corrected chi connectivity index (χ3v) is 2.96. The van der Waals surface area contributed by atoms with Gasteiger partial charge in [-0.05, 0) is 35.9 Å². The van der Waals surface area contributed by atoms with Crippen molar-refractivity contribution >= 4 is 6.29 Å². The standard InChI is InChI=1S/C16H9F7O3/c17-12-2-10(1-11(5-12)15(18,19)20)8-25-13-3-9(7-24)4-14(6-13)26-16(21,22)23/h1-7H,8H2. The summed E-state index contributed by atoms with van der Waals surface area (Å²) in [6, 6.07) is 4.37. The van der Waals surface area contributed by atoms with E-state index in [0.29, 0.717) is 12.1 Å². The van der Waals surface area contributed by atoms with Crippen LogP contribution in [0.3, 0.4) is 0 Å². The van der Waals surface area contributed by atoms with Crippen molar-refractivity contribution in [1.82, 2.24) is 0 Å². The van der Waals surface area contributed by atoms with Crippen molar-refractivity contribution in [2.24, 2.45) is 0 Å². The van der Waals surface area contributed by atoms with Gasteiger partial charge in [0.1, 0.15) is 30.2 Å². The van der Waals surface area contributed by atoms with E-state index in [1.54, 1.807) is 0 Å². The first-order valence-electron chi connectivity index (χ1n) is 6.82. The van der Waals surface area contributed by atoms with Gasteiger partial charge >= 0.3 is 12.5 Å². The molecule has 0 unspecified atom stereocenters. The van der Waals surface area contributed by atoms with Crippen molar-refractivity contribution in [2.75, 3.05) is 0 Å². The van der Waals surface area contributed by atoms with Crippen molar-refractivity contribution in [2.45, 2.75) is 19.1 Å². The number of aldehydes is 1. The lowest BCUT2D eigenvalue weighted by Gasteiger charge is -2.13. The zero-order valence-corrected chi connectivity index (χ0v) is 12.6. The molecule has 0 aliphatic carbocycles. The Morgan fingerprint density at radius 1 is 0.885 bits per heavy atom. The molecule has 0 spiro atoms. The van der Waals surface area contributed by atoms with Gasteiger partial charge in [-0.25, -0.2) is 4.39 Å². The summed E-state index contributed by atoms with van der Waals surface area (Å²) >= 11 is 0. The van der Waals surface area contributed by atoms with E-state index < -0.39 is 36.3 Å². The summed E-state index contributed by atoms with van der Waals surface area (Å²) in [6.45, 7) is -0.575. The van der Waals surface area contributed by atoms with Gasteiger partial charge in [0.25, 0.3) is 0 Å². The molecule has 0 saturated carbocycles. The molecule has 2 rings (SSSR count). The van der Waals surface area contributed by atoms with Gasteiger partial charge in [-0.3, -0.25) is 4.79 Å². The minimum absolute atomic E-state index is 0.202. The molecule has 0 aliphatic heterocycles. The molecule has 0 N–H and O–H groups in total. The van der Waals surface area contributed by atoms with E-state index in [9.17, 15) is 35.5 Å². The molecule has 0 aromatic heterocycles. The Labute approximate surface area is 141 Å². The first-order chi connectivity index (χ1) is 12.0. The Morgan fingerprint density at radius 2 is 1.54 bits per heavy atom. The molecule has 0 bridgehead atoms. The second-order valence-electron chi connectivity index (χ2n) is 5.04. The lowest BCUT2D eigenvalue weighted by molar-refractivity contribution is -0.274.